The number of carbonyl (C=O) groups excluding carboxylic acids is 1. The molecule has 0 aliphatic rings. The van der Waals surface area contributed by atoms with Gasteiger partial charge in [-0.05, 0) is 17.5 Å². The van der Waals surface area contributed by atoms with Gasteiger partial charge in [-0.15, -0.1) is 0 Å². The van der Waals surface area contributed by atoms with Crippen LogP contribution in [-0.2, 0) is 14.8 Å². The summed E-state index contributed by atoms with van der Waals surface area (Å²) < 4.78 is 49.5. The number of hydrogen-bond donors (Lipinski definition) is 1. The molecule has 0 fully saturated rings. The summed E-state index contributed by atoms with van der Waals surface area (Å²) in [6.45, 7) is 1.55. The van der Waals surface area contributed by atoms with Crippen molar-refractivity contribution in [2.24, 2.45) is 0 Å². The highest BCUT2D eigenvalue weighted by Crippen LogP contribution is 2.22. The number of carbonyl (C=O) groups is 1. The average molecular weight is 277 g/mol. The van der Waals surface area contributed by atoms with Crippen molar-refractivity contribution in [3.63, 3.8) is 0 Å². The minimum Gasteiger partial charge on any atom is -0.274 e. The zero-order valence-electron chi connectivity index (χ0n) is 9.91. The minimum atomic E-state index is -3.62. The van der Waals surface area contributed by atoms with Gasteiger partial charge in [0.1, 0.15) is 11.6 Å². The number of hydrogen-bond acceptors (Lipinski definition) is 3. The van der Waals surface area contributed by atoms with E-state index in [4.69, 9.17) is 0 Å². The Balaban J connectivity index is 2.76. The van der Waals surface area contributed by atoms with Crippen LogP contribution >= 0.6 is 0 Å². The van der Waals surface area contributed by atoms with Crippen LogP contribution in [0.25, 0.3) is 0 Å². The lowest BCUT2D eigenvalue weighted by atomic mass is 9.97. The van der Waals surface area contributed by atoms with Crippen LogP contribution in [0.3, 0.4) is 0 Å². The van der Waals surface area contributed by atoms with Crippen LogP contribution in [0.15, 0.2) is 18.2 Å². The maximum Gasteiger partial charge on any atom is 0.234 e. The third kappa shape index (κ3) is 4.40. The third-order valence-corrected chi connectivity index (χ3v) is 2.88. The monoisotopic (exact) mass is 277 g/mol. The fourth-order valence-electron chi connectivity index (χ4n) is 1.54. The molecule has 0 radical (unpaired) electrons. The second-order valence-electron chi connectivity index (χ2n) is 4.07. The molecule has 4 nitrogen and oxygen atoms in total. The van der Waals surface area contributed by atoms with Gasteiger partial charge in [-0.2, -0.15) is 0 Å². The first-order valence-corrected chi connectivity index (χ1v) is 7.04. The van der Waals surface area contributed by atoms with E-state index >= 15 is 0 Å². The molecule has 1 N–H and O–H groups in total. The fraction of sp³-hybridized carbons (Fsp3) is 0.364. The first kappa shape index (κ1) is 14.6. The Morgan fingerprint density at radius 1 is 1.39 bits per heavy atom. The number of benzene rings is 1. The van der Waals surface area contributed by atoms with Gasteiger partial charge < -0.3 is 0 Å². The van der Waals surface area contributed by atoms with Crippen molar-refractivity contribution in [3.8, 4) is 0 Å². The standard InChI is InChI=1S/C11H13F2NO3S/c1-7(5-11(15)14-18(2,16)17)9-4-3-8(12)6-10(9)13/h3-4,6-7H,5H2,1-2H3,(H,14,15). The molecule has 18 heavy (non-hydrogen) atoms. The molecule has 0 bridgehead atoms. The molecule has 0 spiro atoms. The molecule has 1 aromatic rings. The van der Waals surface area contributed by atoms with E-state index in [-0.39, 0.29) is 12.0 Å². The molecule has 7 heteroatoms. The largest absolute Gasteiger partial charge is 0.274 e. The Morgan fingerprint density at radius 2 is 2.00 bits per heavy atom. The summed E-state index contributed by atoms with van der Waals surface area (Å²) in [4.78, 5) is 11.3. The number of sulfonamides is 1. The lowest BCUT2D eigenvalue weighted by Crippen LogP contribution is -2.30. The van der Waals surface area contributed by atoms with Crippen molar-refractivity contribution in [3.05, 3.63) is 35.4 Å². The molecule has 0 saturated heterocycles. The molecule has 0 aromatic heterocycles. The normalized spacial score (nSPS) is 13.1. The first-order chi connectivity index (χ1) is 8.19. The van der Waals surface area contributed by atoms with Crippen LogP contribution in [0.1, 0.15) is 24.8 Å². The number of halogens is 2. The highest BCUT2D eigenvalue weighted by molar-refractivity contribution is 7.89. The maximum absolute atomic E-state index is 13.4. The lowest BCUT2D eigenvalue weighted by Gasteiger charge is -2.12. The Morgan fingerprint density at radius 3 is 2.50 bits per heavy atom. The zero-order chi connectivity index (χ0) is 13.9. The molecule has 0 heterocycles. The Labute approximate surface area is 104 Å². The van der Waals surface area contributed by atoms with Gasteiger partial charge in [-0.25, -0.2) is 17.2 Å². The molecule has 100 valence electrons. The average Bonchev–Trinajstić information content (AvgIpc) is 2.13. The Bertz CT molecular complexity index is 557. The van der Waals surface area contributed by atoms with Crippen LogP contribution in [0.5, 0.6) is 0 Å². The van der Waals surface area contributed by atoms with Gasteiger partial charge in [0.25, 0.3) is 0 Å². The summed E-state index contributed by atoms with van der Waals surface area (Å²) in [6.07, 6.45) is 0.656. The van der Waals surface area contributed by atoms with Gasteiger partial charge in [0.15, 0.2) is 0 Å². The highest BCUT2D eigenvalue weighted by Gasteiger charge is 2.17. The summed E-state index contributed by atoms with van der Waals surface area (Å²) in [7, 11) is -3.62. The first-order valence-electron chi connectivity index (χ1n) is 5.14. The predicted molar refractivity (Wildman–Crippen MR) is 62.4 cm³/mol. The van der Waals surface area contributed by atoms with E-state index in [0.29, 0.717) is 0 Å². The van der Waals surface area contributed by atoms with Crippen LogP contribution < -0.4 is 4.72 Å². The van der Waals surface area contributed by atoms with Crippen molar-refractivity contribution in [1.82, 2.24) is 4.72 Å². The van der Waals surface area contributed by atoms with Crippen LogP contribution in [0.4, 0.5) is 8.78 Å². The third-order valence-electron chi connectivity index (χ3n) is 2.28. The van der Waals surface area contributed by atoms with Crippen molar-refractivity contribution in [2.45, 2.75) is 19.3 Å². The Kier molecular flexibility index (Phi) is 4.39. The van der Waals surface area contributed by atoms with Gasteiger partial charge in [-0.3, -0.25) is 9.52 Å². The van der Waals surface area contributed by atoms with E-state index in [1.807, 2.05) is 0 Å². The topological polar surface area (TPSA) is 63.2 Å². The molecular weight excluding hydrogens is 264 g/mol. The molecule has 1 aromatic carbocycles. The quantitative estimate of drug-likeness (QED) is 0.908. The lowest BCUT2D eigenvalue weighted by molar-refractivity contribution is -0.119. The molecule has 1 rings (SSSR count). The smallest absolute Gasteiger partial charge is 0.234 e. The molecule has 1 unspecified atom stereocenters. The summed E-state index contributed by atoms with van der Waals surface area (Å²) in [5, 5.41) is 0. The van der Waals surface area contributed by atoms with E-state index in [1.54, 1.807) is 11.6 Å². The fourth-order valence-corrected chi connectivity index (χ4v) is 2.03. The van der Waals surface area contributed by atoms with Crippen LogP contribution in [-0.4, -0.2) is 20.6 Å². The van der Waals surface area contributed by atoms with Crippen LogP contribution in [0, 0.1) is 11.6 Å². The molecule has 1 amide bonds. The number of amides is 1. The van der Waals surface area contributed by atoms with Gasteiger partial charge in [0.05, 0.1) is 6.26 Å². The summed E-state index contributed by atoms with van der Waals surface area (Å²) in [5.74, 6) is -2.74. The van der Waals surface area contributed by atoms with Gasteiger partial charge >= 0.3 is 0 Å². The van der Waals surface area contributed by atoms with E-state index in [9.17, 15) is 22.0 Å². The summed E-state index contributed by atoms with van der Waals surface area (Å²) in [6, 6.07) is 3.05. The maximum atomic E-state index is 13.4. The van der Waals surface area contributed by atoms with Gasteiger partial charge in [0.2, 0.25) is 15.9 Å². The summed E-state index contributed by atoms with van der Waals surface area (Å²) in [5.41, 5.74) is 0.167. The minimum absolute atomic E-state index is 0.167. The zero-order valence-corrected chi connectivity index (χ0v) is 10.7. The summed E-state index contributed by atoms with van der Waals surface area (Å²) >= 11 is 0. The Hall–Kier alpha value is -1.50. The van der Waals surface area contributed by atoms with Crippen molar-refractivity contribution < 1.29 is 22.0 Å². The second kappa shape index (κ2) is 5.43. The SMILES string of the molecule is CC(CC(=O)NS(C)(=O)=O)c1ccc(F)cc1F. The number of nitrogens with one attached hydrogen (secondary N) is 1. The molecule has 0 saturated carbocycles. The van der Waals surface area contributed by atoms with Crippen molar-refractivity contribution in [1.29, 1.82) is 0 Å². The number of rotatable bonds is 4. The van der Waals surface area contributed by atoms with Crippen LogP contribution in [0.2, 0.25) is 0 Å². The molecule has 1 atom stereocenters. The van der Waals surface area contributed by atoms with E-state index in [0.717, 1.165) is 18.4 Å². The second-order valence-corrected chi connectivity index (χ2v) is 5.82. The van der Waals surface area contributed by atoms with Gasteiger partial charge in [0, 0.05) is 12.5 Å². The van der Waals surface area contributed by atoms with Crippen molar-refractivity contribution in [2.75, 3.05) is 6.26 Å². The predicted octanol–water partition coefficient (Wildman–Crippen LogP) is 1.53. The molecule has 0 aliphatic heterocycles. The van der Waals surface area contributed by atoms with E-state index in [1.165, 1.54) is 6.07 Å². The van der Waals surface area contributed by atoms with Gasteiger partial charge in [-0.1, -0.05) is 13.0 Å². The molecular formula is C11H13F2NO3S. The van der Waals surface area contributed by atoms with Crippen molar-refractivity contribution >= 4 is 15.9 Å². The highest BCUT2D eigenvalue weighted by atomic mass is 32.2. The van der Waals surface area contributed by atoms with E-state index < -0.39 is 33.5 Å². The van der Waals surface area contributed by atoms with E-state index in [2.05, 4.69) is 0 Å². The molecule has 0 aliphatic carbocycles.